The van der Waals surface area contributed by atoms with Crippen molar-refractivity contribution in [3.05, 3.63) is 29.8 Å². The number of hydrogen-bond donors (Lipinski definition) is 7. The molecule has 163 valence electrons. The van der Waals surface area contributed by atoms with E-state index in [0.29, 0.717) is 0 Å². The maximum Gasteiger partial charge on any atom is 0.311 e. The lowest BCUT2D eigenvalue weighted by atomic mass is 9.90. The van der Waals surface area contributed by atoms with E-state index in [4.69, 9.17) is 28.1 Å². The second kappa shape index (κ2) is 12.1. The quantitative estimate of drug-likeness (QED) is 0.162. The number of aliphatic carboxylic acids is 1. The molecule has 0 aliphatic rings. The summed E-state index contributed by atoms with van der Waals surface area (Å²) in [6.07, 6.45) is -0.275. The zero-order valence-electron chi connectivity index (χ0n) is 16.7. The van der Waals surface area contributed by atoms with Gasteiger partial charge in [0.15, 0.2) is 0 Å². The lowest BCUT2D eigenvalue weighted by Gasteiger charge is -2.24. The summed E-state index contributed by atoms with van der Waals surface area (Å²) in [6.45, 7) is 3.02. The van der Waals surface area contributed by atoms with Crippen LogP contribution in [0.2, 0.25) is 0 Å². The Kier molecular flexibility index (Phi) is 10.2. The SMILES string of the molecule is C[C@H](NC(=O)[C@@H](N)Cc1ccc(O)cc1)C(=O)N[C@@H](CC(=O)O)C(=S)N[C@@H](C)[B]O. The van der Waals surface area contributed by atoms with Crippen molar-refractivity contribution in [1.82, 2.24) is 16.0 Å². The number of nitrogens with one attached hydrogen (secondary N) is 3. The van der Waals surface area contributed by atoms with Crippen LogP contribution in [0.5, 0.6) is 5.75 Å². The highest BCUT2D eigenvalue weighted by atomic mass is 32.1. The molecule has 0 saturated carbocycles. The fourth-order valence-electron chi connectivity index (χ4n) is 2.41. The first-order chi connectivity index (χ1) is 14.0. The molecular weight excluding hydrogens is 411 g/mol. The topological polar surface area (TPSA) is 174 Å². The third-order valence-electron chi connectivity index (χ3n) is 4.09. The number of nitrogens with two attached hydrogens (primary N) is 1. The number of carbonyl (C=O) groups excluding carboxylic acids is 2. The molecule has 0 aliphatic heterocycles. The van der Waals surface area contributed by atoms with Gasteiger partial charge in [0.1, 0.15) is 11.8 Å². The average Bonchev–Trinajstić information content (AvgIpc) is 2.68. The number of phenols is 1. The second-order valence-electron chi connectivity index (χ2n) is 6.81. The van der Waals surface area contributed by atoms with Gasteiger partial charge in [0.25, 0.3) is 0 Å². The van der Waals surface area contributed by atoms with E-state index in [1.807, 2.05) is 0 Å². The minimum atomic E-state index is -1.18. The Morgan fingerprint density at radius 2 is 1.70 bits per heavy atom. The fraction of sp³-hybridized carbons (Fsp3) is 0.444. The van der Waals surface area contributed by atoms with Crippen molar-refractivity contribution in [1.29, 1.82) is 0 Å². The molecule has 1 rings (SSSR count). The summed E-state index contributed by atoms with van der Waals surface area (Å²) >= 11 is 5.11. The van der Waals surface area contributed by atoms with Crippen LogP contribution in [0.4, 0.5) is 0 Å². The molecule has 1 radical (unpaired) electrons. The average molecular weight is 437 g/mol. The molecular formula is C18H26BN4O6S. The number of thiocarbonyl (C=S) groups is 1. The number of hydrogen-bond acceptors (Lipinski definition) is 7. The molecule has 4 atom stereocenters. The van der Waals surface area contributed by atoms with E-state index >= 15 is 0 Å². The third kappa shape index (κ3) is 8.76. The van der Waals surface area contributed by atoms with E-state index in [9.17, 15) is 19.5 Å². The van der Waals surface area contributed by atoms with Crippen molar-refractivity contribution in [2.24, 2.45) is 5.73 Å². The number of carboxylic acids is 1. The Bertz CT molecular complexity index is 764. The summed E-state index contributed by atoms with van der Waals surface area (Å²) in [5.41, 5.74) is 6.62. The highest BCUT2D eigenvalue weighted by Gasteiger charge is 2.26. The number of carboxylic acid groups (broad SMARTS) is 1. The number of amides is 2. The van der Waals surface area contributed by atoms with Crippen molar-refractivity contribution in [2.45, 2.75) is 50.8 Å². The smallest absolute Gasteiger partial charge is 0.311 e. The standard InChI is InChI=1S/C18H26BN4O6S/c1-9(21-17(28)13(20)7-11-3-5-12(24)6-4-11)16(27)23-14(8-15(25)26)18(30)22-10(2)19-29/h3-6,9-10,13-14,24,29H,7-8,20H2,1-2H3,(H,21,28)(H,22,30)(H,23,27)(H,25,26)/t9-,10-,13-,14-/m0/s1. The molecule has 0 saturated heterocycles. The molecule has 0 fully saturated rings. The maximum absolute atomic E-state index is 12.4. The van der Waals surface area contributed by atoms with Gasteiger partial charge in [0.2, 0.25) is 11.8 Å². The van der Waals surface area contributed by atoms with Gasteiger partial charge in [-0.05, 0) is 38.0 Å². The number of carbonyl (C=O) groups is 3. The van der Waals surface area contributed by atoms with Crippen molar-refractivity contribution < 1.29 is 29.6 Å². The number of aromatic hydroxyl groups is 1. The Morgan fingerprint density at radius 3 is 2.23 bits per heavy atom. The van der Waals surface area contributed by atoms with Gasteiger partial charge in [-0.2, -0.15) is 0 Å². The number of benzene rings is 1. The minimum Gasteiger partial charge on any atom is -0.508 e. The van der Waals surface area contributed by atoms with Crippen LogP contribution in [-0.4, -0.2) is 69.6 Å². The molecule has 1 aromatic carbocycles. The fourth-order valence-corrected chi connectivity index (χ4v) is 2.74. The van der Waals surface area contributed by atoms with Gasteiger partial charge in [-0.25, -0.2) is 0 Å². The number of rotatable bonds is 11. The zero-order valence-corrected chi connectivity index (χ0v) is 17.5. The first-order valence-corrected chi connectivity index (χ1v) is 9.58. The summed E-state index contributed by atoms with van der Waals surface area (Å²) in [5.74, 6) is -2.84. The van der Waals surface area contributed by atoms with Crippen LogP contribution in [-0.2, 0) is 20.8 Å². The van der Waals surface area contributed by atoms with E-state index in [1.54, 1.807) is 19.1 Å². The predicted octanol–water partition coefficient (Wildman–Crippen LogP) is -1.40. The maximum atomic E-state index is 12.4. The first-order valence-electron chi connectivity index (χ1n) is 9.17. The molecule has 1 aromatic rings. The normalized spacial score (nSPS) is 14.5. The zero-order chi connectivity index (χ0) is 22.8. The molecule has 0 bridgehead atoms. The van der Waals surface area contributed by atoms with Gasteiger partial charge in [-0.1, -0.05) is 24.4 Å². The van der Waals surface area contributed by atoms with Crippen molar-refractivity contribution >= 4 is 42.5 Å². The van der Waals surface area contributed by atoms with Crippen LogP contribution in [0.15, 0.2) is 24.3 Å². The molecule has 0 spiro atoms. The van der Waals surface area contributed by atoms with Gasteiger partial charge >= 0.3 is 13.5 Å². The van der Waals surface area contributed by atoms with E-state index < -0.39 is 48.3 Å². The molecule has 12 heteroatoms. The van der Waals surface area contributed by atoms with Crippen molar-refractivity contribution in [3.63, 3.8) is 0 Å². The van der Waals surface area contributed by atoms with Gasteiger partial charge in [-0.15, -0.1) is 0 Å². The van der Waals surface area contributed by atoms with Gasteiger partial charge in [0.05, 0.1) is 23.5 Å². The van der Waals surface area contributed by atoms with E-state index in [0.717, 1.165) is 13.0 Å². The molecule has 30 heavy (non-hydrogen) atoms. The predicted molar refractivity (Wildman–Crippen MR) is 115 cm³/mol. The Balaban J connectivity index is 2.66. The van der Waals surface area contributed by atoms with Crippen LogP contribution in [0.1, 0.15) is 25.8 Å². The van der Waals surface area contributed by atoms with Crippen LogP contribution < -0.4 is 21.7 Å². The molecule has 0 aliphatic carbocycles. The largest absolute Gasteiger partial charge is 0.508 e. The summed E-state index contributed by atoms with van der Waals surface area (Å²) in [4.78, 5) is 35.8. The summed E-state index contributed by atoms with van der Waals surface area (Å²) < 4.78 is 0. The van der Waals surface area contributed by atoms with Gasteiger partial charge in [-0.3, -0.25) is 14.4 Å². The summed E-state index contributed by atoms with van der Waals surface area (Å²) in [6, 6.07) is 3.27. The van der Waals surface area contributed by atoms with Crippen LogP contribution >= 0.6 is 12.2 Å². The van der Waals surface area contributed by atoms with Crippen LogP contribution in [0.3, 0.4) is 0 Å². The highest BCUT2D eigenvalue weighted by molar-refractivity contribution is 7.80. The van der Waals surface area contributed by atoms with Gasteiger partial charge < -0.3 is 36.9 Å². The van der Waals surface area contributed by atoms with E-state index in [2.05, 4.69) is 16.0 Å². The second-order valence-corrected chi connectivity index (χ2v) is 7.25. The van der Waals surface area contributed by atoms with E-state index in [1.165, 1.54) is 19.1 Å². The molecule has 0 heterocycles. The monoisotopic (exact) mass is 437 g/mol. The lowest BCUT2D eigenvalue weighted by molar-refractivity contribution is -0.137. The molecule has 8 N–H and O–H groups in total. The Morgan fingerprint density at radius 1 is 1.10 bits per heavy atom. The van der Waals surface area contributed by atoms with Crippen molar-refractivity contribution in [2.75, 3.05) is 0 Å². The molecule has 0 unspecified atom stereocenters. The third-order valence-corrected chi connectivity index (χ3v) is 4.49. The molecule has 10 nitrogen and oxygen atoms in total. The van der Waals surface area contributed by atoms with E-state index in [-0.39, 0.29) is 17.2 Å². The molecule has 0 aromatic heterocycles. The van der Waals surface area contributed by atoms with Gasteiger partial charge in [0, 0.05) is 5.94 Å². The summed E-state index contributed by atoms with van der Waals surface area (Å²) in [7, 11) is 0.838. The highest BCUT2D eigenvalue weighted by Crippen LogP contribution is 2.11. The number of phenolic OH excluding ortho intramolecular Hbond substituents is 1. The minimum absolute atomic E-state index is 0.0334. The molecule has 2 amide bonds. The first kappa shape index (κ1) is 25.3. The van der Waals surface area contributed by atoms with Crippen LogP contribution in [0, 0.1) is 0 Å². The van der Waals surface area contributed by atoms with Crippen LogP contribution in [0.25, 0.3) is 0 Å². The summed E-state index contributed by atoms with van der Waals surface area (Å²) in [5, 5.41) is 35.0. The Labute approximate surface area is 180 Å². The van der Waals surface area contributed by atoms with Crippen molar-refractivity contribution in [3.8, 4) is 5.75 Å². The Hall–Kier alpha value is -2.70. The lowest BCUT2D eigenvalue weighted by Crippen LogP contribution is -2.56.